The lowest BCUT2D eigenvalue weighted by molar-refractivity contribution is -0.384. The number of ether oxygens (including phenoxy) is 1. The number of nitro groups is 1. The number of carbonyl (C=O) groups is 2. The molecule has 0 aliphatic carbocycles. The maximum atomic E-state index is 13.6. The minimum absolute atomic E-state index is 0.129. The van der Waals surface area contributed by atoms with Crippen molar-refractivity contribution in [3.8, 4) is 5.75 Å². The van der Waals surface area contributed by atoms with Crippen LogP contribution in [0, 0.1) is 16.0 Å². The maximum absolute atomic E-state index is 13.6. The van der Waals surface area contributed by atoms with Gasteiger partial charge in [-0.05, 0) is 57.9 Å². The monoisotopic (exact) mass is 523 g/mol. The number of benzene rings is 3. The van der Waals surface area contributed by atoms with Crippen LogP contribution in [0.2, 0.25) is 0 Å². The number of rotatable bonds is 5. The van der Waals surface area contributed by atoms with Crippen LogP contribution < -0.4 is 14.7 Å². The summed E-state index contributed by atoms with van der Waals surface area (Å²) in [4.78, 5) is 44.5. The Morgan fingerprint density at radius 3 is 2.29 bits per heavy atom. The number of fused-ring (bicyclic) bond motifs is 1. The molecule has 5 rings (SSSR count). The maximum Gasteiger partial charge on any atom is 0.269 e. The van der Waals surface area contributed by atoms with Crippen molar-refractivity contribution in [2.24, 2.45) is 5.92 Å². The van der Waals surface area contributed by atoms with Crippen LogP contribution in [0.4, 0.5) is 17.1 Å². The highest BCUT2D eigenvalue weighted by molar-refractivity contribution is 9.10. The molecule has 2 amide bonds. The van der Waals surface area contributed by atoms with Crippen molar-refractivity contribution < 1.29 is 24.1 Å². The third-order valence-electron chi connectivity index (χ3n) is 5.96. The molecule has 2 aliphatic rings. The highest BCUT2D eigenvalue weighted by Crippen LogP contribution is 2.48. The summed E-state index contributed by atoms with van der Waals surface area (Å²) in [5.74, 6) is -1.13. The Bertz CT molecular complexity index is 1280. The molecule has 2 aliphatic heterocycles. The molecule has 2 heterocycles. The van der Waals surface area contributed by atoms with Gasteiger partial charge in [-0.1, -0.05) is 24.3 Å². The molecule has 0 N–H and O–H groups in total. The predicted molar refractivity (Wildman–Crippen MR) is 126 cm³/mol. The molecule has 0 unspecified atom stereocenters. The molecule has 3 atom stereocenters. The molecule has 0 aromatic heterocycles. The molecule has 0 radical (unpaired) electrons. The molecule has 0 spiro atoms. The Morgan fingerprint density at radius 2 is 1.68 bits per heavy atom. The second-order valence-electron chi connectivity index (χ2n) is 7.84. The number of amides is 2. The number of para-hydroxylation sites is 1. The van der Waals surface area contributed by atoms with E-state index in [4.69, 9.17) is 9.57 Å². The lowest BCUT2D eigenvalue weighted by Gasteiger charge is -2.29. The SMILES string of the molecule is COc1ccc([C@H]2[C@@H]3C(=O)N(c4ccc([N+](=O)[O-])cc4)C(=O)[C@H]3ON2c2ccccc2)cc1Br. The van der Waals surface area contributed by atoms with Crippen LogP contribution in [-0.4, -0.2) is 30.0 Å². The average molecular weight is 524 g/mol. The Balaban J connectivity index is 1.56. The second-order valence-corrected chi connectivity index (χ2v) is 8.69. The first kappa shape index (κ1) is 22.1. The fourth-order valence-electron chi connectivity index (χ4n) is 4.40. The van der Waals surface area contributed by atoms with E-state index in [0.29, 0.717) is 15.9 Å². The number of hydrogen-bond acceptors (Lipinski definition) is 7. The van der Waals surface area contributed by atoms with Crippen LogP contribution in [0.3, 0.4) is 0 Å². The molecule has 10 heteroatoms. The van der Waals surface area contributed by atoms with Gasteiger partial charge in [0.15, 0.2) is 6.10 Å². The minimum atomic E-state index is -1.03. The van der Waals surface area contributed by atoms with E-state index in [1.54, 1.807) is 18.2 Å². The third kappa shape index (κ3) is 3.51. The molecule has 3 aromatic rings. The van der Waals surface area contributed by atoms with E-state index in [1.807, 2.05) is 42.5 Å². The van der Waals surface area contributed by atoms with Crippen LogP contribution in [0.1, 0.15) is 11.6 Å². The topological polar surface area (TPSA) is 102 Å². The standard InChI is InChI=1S/C24H18BrN3O6/c1-33-19-12-7-14(13-18(19)25)21-20-22(34-27(21)16-5-3-2-4-6-16)24(30)26(23(20)29)15-8-10-17(11-9-15)28(31)32/h2-13,20-22H,1H3/t20-,21-,22-/m0/s1. The zero-order valence-electron chi connectivity index (χ0n) is 17.8. The Morgan fingerprint density at radius 1 is 0.971 bits per heavy atom. The summed E-state index contributed by atoms with van der Waals surface area (Å²) in [7, 11) is 1.56. The highest BCUT2D eigenvalue weighted by atomic mass is 79.9. The smallest absolute Gasteiger partial charge is 0.269 e. The van der Waals surface area contributed by atoms with E-state index in [-0.39, 0.29) is 11.4 Å². The zero-order chi connectivity index (χ0) is 24.0. The lowest BCUT2D eigenvalue weighted by Crippen LogP contribution is -2.37. The number of non-ortho nitro benzene ring substituents is 1. The molecular weight excluding hydrogens is 506 g/mol. The number of nitro benzene ring substituents is 1. The third-order valence-corrected chi connectivity index (χ3v) is 6.58. The largest absolute Gasteiger partial charge is 0.496 e. The first-order chi connectivity index (χ1) is 16.4. The lowest BCUT2D eigenvalue weighted by atomic mass is 9.90. The number of halogens is 1. The number of methoxy groups -OCH3 is 1. The fraction of sp³-hybridized carbons (Fsp3) is 0.167. The van der Waals surface area contributed by atoms with E-state index in [0.717, 1.165) is 10.5 Å². The van der Waals surface area contributed by atoms with E-state index < -0.39 is 34.8 Å². The van der Waals surface area contributed by atoms with Gasteiger partial charge in [0.25, 0.3) is 11.6 Å². The second kappa shape index (κ2) is 8.54. The van der Waals surface area contributed by atoms with Gasteiger partial charge in [-0.25, -0.2) is 9.96 Å². The number of carbonyl (C=O) groups excluding carboxylic acids is 2. The van der Waals surface area contributed by atoms with Gasteiger partial charge in [0.1, 0.15) is 11.7 Å². The van der Waals surface area contributed by atoms with Crippen molar-refractivity contribution in [3.63, 3.8) is 0 Å². The summed E-state index contributed by atoms with van der Waals surface area (Å²) in [5, 5.41) is 12.6. The first-order valence-corrected chi connectivity index (χ1v) is 11.2. The number of imide groups is 1. The van der Waals surface area contributed by atoms with Crippen molar-refractivity contribution in [1.29, 1.82) is 0 Å². The summed E-state index contributed by atoms with van der Waals surface area (Å²) in [6.45, 7) is 0. The van der Waals surface area contributed by atoms with Gasteiger partial charge in [-0.15, -0.1) is 0 Å². The number of hydrogen-bond donors (Lipinski definition) is 0. The Labute approximate surface area is 202 Å². The molecule has 34 heavy (non-hydrogen) atoms. The van der Waals surface area contributed by atoms with Crippen LogP contribution in [0.15, 0.2) is 77.3 Å². The van der Waals surface area contributed by atoms with Crippen LogP contribution in [0.5, 0.6) is 5.75 Å². The van der Waals surface area contributed by atoms with Gasteiger partial charge in [-0.3, -0.25) is 24.5 Å². The van der Waals surface area contributed by atoms with Gasteiger partial charge in [0.2, 0.25) is 5.91 Å². The molecule has 0 saturated carbocycles. The van der Waals surface area contributed by atoms with Crippen molar-refractivity contribution in [2.45, 2.75) is 12.1 Å². The molecule has 2 saturated heterocycles. The summed E-state index contributed by atoms with van der Waals surface area (Å²) < 4.78 is 6.03. The normalized spacial score (nSPS) is 21.6. The molecular formula is C24H18BrN3O6. The van der Waals surface area contributed by atoms with Crippen LogP contribution in [0.25, 0.3) is 0 Å². The number of anilines is 2. The zero-order valence-corrected chi connectivity index (χ0v) is 19.4. The van der Waals surface area contributed by atoms with Crippen LogP contribution in [-0.2, 0) is 14.4 Å². The van der Waals surface area contributed by atoms with E-state index >= 15 is 0 Å². The first-order valence-electron chi connectivity index (χ1n) is 10.4. The summed E-state index contributed by atoms with van der Waals surface area (Å²) in [6.07, 6.45) is -1.03. The van der Waals surface area contributed by atoms with Crippen molar-refractivity contribution >= 4 is 44.8 Å². The van der Waals surface area contributed by atoms with Gasteiger partial charge in [0, 0.05) is 12.1 Å². The molecule has 3 aromatic carbocycles. The average Bonchev–Trinajstić information content (AvgIpc) is 3.35. The van der Waals surface area contributed by atoms with Gasteiger partial charge < -0.3 is 4.74 Å². The van der Waals surface area contributed by atoms with Crippen molar-refractivity contribution in [3.05, 3.63) is 92.9 Å². The van der Waals surface area contributed by atoms with Crippen LogP contribution >= 0.6 is 15.9 Å². The quantitative estimate of drug-likeness (QED) is 0.277. The number of nitrogens with zero attached hydrogens (tertiary/aromatic N) is 3. The summed E-state index contributed by atoms with van der Waals surface area (Å²) >= 11 is 3.50. The van der Waals surface area contributed by atoms with Crippen molar-refractivity contribution in [1.82, 2.24) is 0 Å². The minimum Gasteiger partial charge on any atom is -0.496 e. The predicted octanol–water partition coefficient (Wildman–Crippen LogP) is 4.42. The van der Waals surface area contributed by atoms with E-state index in [9.17, 15) is 19.7 Å². The number of hydroxylamine groups is 1. The Kier molecular flexibility index (Phi) is 5.54. The summed E-state index contributed by atoms with van der Waals surface area (Å²) in [5.41, 5.74) is 1.60. The summed E-state index contributed by atoms with van der Waals surface area (Å²) in [6, 6.07) is 19.4. The van der Waals surface area contributed by atoms with E-state index in [1.165, 1.54) is 24.3 Å². The van der Waals surface area contributed by atoms with Gasteiger partial charge >= 0.3 is 0 Å². The highest BCUT2D eigenvalue weighted by Gasteiger charge is 2.60. The molecule has 0 bridgehead atoms. The van der Waals surface area contributed by atoms with E-state index in [2.05, 4.69) is 15.9 Å². The molecule has 2 fully saturated rings. The molecule has 9 nitrogen and oxygen atoms in total. The fourth-order valence-corrected chi connectivity index (χ4v) is 4.96. The molecule has 172 valence electrons. The van der Waals surface area contributed by atoms with Crippen molar-refractivity contribution in [2.75, 3.05) is 17.1 Å². The Hall–Kier alpha value is -3.76. The van der Waals surface area contributed by atoms with Gasteiger partial charge in [-0.2, -0.15) is 0 Å². The van der Waals surface area contributed by atoms with Gasteiger partial charge in [0.05, 0.1) is 33.9 Å².